The van der Waals surface area contributed by atoms with Crippen LogP contribution in [0.1, 0.15) is 31.4 Å². The molecule has 0 saturated heterocycles. The molecule has 3 aliphatic rings. The van der Waals surface area contributed by atoms with Gasteiger partial charge in [-0.15, -0.1) is 37.2 Å². The molecule has 0 aromatic carbocycles. The topological polar surface area (TPSA) is 190 Å². The molecule has 4 atom stereocenters. The van der Waals surface area contributed by atoms with Crippen LogP contribution in [0, 0.1) is 23.2 Å². The number of Topliss-reactive ketones (excluding diaryl/α,β-unsaturated/α-hetero) is 2. The molecule has 1 saturated carbocycles. The first kappa shape index (κ1) is 38.3. The van der Waals surface area contributed by atoms with E-state index in [0.29, 0.717) is 13.1 Å². The van der Waals surface area contributed by atoms with Crippen molar-refractivity contribution in [3.05, 3.63) is 34.0 Å². The molecule has 43 heavy (non-hydrogen) atoms. The van der Waals surface area contributed by atoms with Crippen LogP contribution in [0.4, 0.5) is 10.2 Å². The minimum absolute atomic E-state index is 0. The number of halogens is 4. The number of pyridine rings is 1. The van der Waals surface area contributed by atoms with Gasteiger partial charge in [0.25, 0.3) is 5.91 Å². The quantitative estimate of drug-likeness (QED) is 0.183. The smallest absolute Gasteiger partial charge is 0.255 e. The number of likely N-dealkylation sites (N-methyl/N-ethyl adjacent to an activating group) is 1. The summed E-state index contributed by atoms with van der Waals surface area (Å²) in [5.74, 6) is -9.18. The van der Waals surface area contributed by atoms with E-state index in [4.69, 9.17) is 5.73 Å². The van der Waals surface area contributed by atoms with Crippen LogP contribution >= 0.6 is 37.2 Å². The summed E-state index contributed by atoms with van der Waals surface area (Å²) in [6, 6.07) is -1.22. The minimum atomic E-state index is -2.76. The van der Waals surface area contributed by atoms with Crippen molar-refractivity contribution >= 4 is 66.3 Å². The number of ketones is 2. The third-order valence-electron chi connectivity index (χ3n) is 8.01. The maximum Gasteiger partial charge on any atom is 0.255 e. The van der Waals surface area contributed by atoms with Crippen molar-refractivity contribution in [3.8, 4) is 5.75 Å². The number of carbonyl (C=O) groups is 3. The largest absolute Gasteiger partial charge is 0.508 e. The molecule has 0 spiro atoms. The SMILES string of the molecule is CN(C)CC(C)(C)CNc1nc(F)c2c(c1O)C(O)=C1C(=O)[C@]3(O)C(O)=C(C(N)=O)C(=O)[C@@H](N(C)C)[C@@H]3C[C@@H]1C2.Cl.Cl.Cl. The number of amides is 1. The van der Waals surface area contributed by atoms with Gasteiger partial charge in [-0.25, -0.2) is 0 Å². The molecule has 1 aromatic heterocycles. The normalized spacial score (nSPS) is 24.8. The highest BCUT2D eigenvalue weighted by Gasteiger charge is 2.64. The third-order valence-corrected chi connectivity index (χ3v) is 8.01. The molecule has 16 heteroatoms. The second-order valence-electron chi connectivity index (χ2n) is 12.2. The van der Waals surface area contributed by atoms with Crippen molar-refractivity contribution in [1.82, 2.24) is 14.8 Å². The molecule has 7 N–H and O–H groups in total. The molecule has 0 bridgehead atoms. The fraction of sp³-hybridized carbons (Fsp3) is 0.556. The van der Waals surface area contributed by atoms with Crippen LogP contribution in [-0.2, 0) is 20.8 Å². The van der Waals surface area contributed by atoms with Gasteiger partial charge in [0.15, 0.2) is 23.0 Å². The summed E-state index contributed by atoms with van der Waals surface area (Å²) in [7, 11) is 6.81. The average molecular weight is 671 g/mol. The van der Waals surface area contributed by atoms with E-state index in [1.807, 2.05) is 32.8 Å². The zero-order chi connectivity index (χ0) is 30.1. The number of nitrogens with one attached hydrogen (secondary N) is 1. The number of hydrogen-bond donors (Lipinski definition) is 6. The molecule has 12 nitrogen and oxygen atoms in total. The Balaban J connectivity index is 0.00000308. The van der Waals surface area contributed by atoms with Crippen molar-refractivity contribution in [3.63, 3.8) is 0 Å². The van der Waals surface area contributed by atoms with Gasteiger partial charge in [-0.2, -0.15) is 9.37 Å². The maximum atomic E-state index is 15.3. The summed E-state index contributed by atoms with van der Waals surface area (Å²) in [5.41, 5.74) is 0.531. The molecule has 3 aliphatic carbocycles. The standard InChI is InChI=1S/C27H36FN5O7.3ClH/c1-26(2,10-32(3)4)9-30-25-20(36)15-12(23(28)31-25)7-11-8-13-17(33(5)6)19(35)16(24(29)39)22(38)27(13,40)21(37)14(11)18(15)34;;;/h11,13,17,34,36,38,40H,7-10H2,1-6H3,(H2,29,39)(H,30,31);3*1H/t11-,13-,17-,27-;;;/m0.../s1. The first-order valence-corrected chi connectivity index (χ1v) is 12.9. The molecule has 1 fully saturated rings. The van der Waals surface area contributed by atoms with Crippen LogP contribution in [-0.4, -0.2) is 106 Å². The van der Waals surface area contributed by atoms with Gasteiger partial charge in [0, 0.05) is 30.1 Å². The summed E-state index contributed by atoms with van der Waals surface area (Å²) < 4.78 is 15.3. The monoisotopic (exact) mass is 669 g/mol. The Labute approximate surface area is 267 Å². The summed E-state index contributed by atoms with van der Waals surface area (Å²) >= 11 is 0. The molecule has 0 aliphatic heterocycles. The van der Waals surface area contributed by atoms with Gasteiger partial charge in [0.2, 0.25) is 11.7 Å². The van der Waals surface area contributed by atoms with E-state index in [9.17, 15) is 34.8 Å². The van der Waals surface area contributed by atoms with Gasteiger partial charge >= 0.3 is 0 Å². The van der Waals surface area contributed by atoms with E-state index in [-0.39, 0.29) is 78.0 Å². The second-order valence-corrected chi connectivity index (χ2v) is 12.2. The number of nitrogens with two attached hydrogens (primary N) is 1. The molecular formula is C27H39Cl3FN5O7. The Kier molecular flexibility index (Phi) is 11.7. The molecule has 1 amide bonds. The van der Waals surface area contributed by atoms with Crippen LogP contribution in [0.5, 0.6) is 5.75 Å². The van der Waals surface area contributed by atoms with E-state index < -0.39 is 69.7 Å². The van der Waals surface area contributed by atoms with Crippen molar-refractivity contribution in [1.29, 1.82) is 0 Å². The first-order chi connectivity index (χ1) is 18.4. The fourth-order valence-corrected chi connectivity index (χ4v) is 6.51. The maximum absolute atomic E-state index is 15.3. The Bertz CT molecular complexity index is 1380. The number of rotatable bonds is 7. The Morgan fingerprint density at radius 3 is 2.23 bits per heavy atom. The Morgan fingerprint density at radius 1 is 1.14 bits per heavy atom. The number of aliphatic hydroxyl groups is 3. The van der Waals surface area contributed by atoms with E-state index in [2.05, 4.69) is 10.3 Å². The highest BCUT2D eigenvalue weighted by atomic mass is 35.5. The van der Waals surface area contributed by atoms with Crippen molar-refractivity contribution < 1.29 is 39.2 Å². The van der Waals surface area contributed by atoms with Gasteiger partial charge in [-0.05, 0) is 52.4 Å². The number of hydrogen-bond acceptors (Lipinski definition) is 11. The minimum Gasteiger partial charge on any atom is -0.508 e. The van der Waals surface area contributed by atoms with Crippen LogP contribution in [0.2, 0.25) is 0 Å². The van der Waals surface area contributed by atoms with Crippen molar-refractivity contribution in [2.45, 2.75) is 38.3 Å². The summed E-state index contributed by atoms with van der Waals surface area (Å²) in [4.78, 5) is 46.3. The van der Waals surface area contributed by atoms with E-state index in [1.54, 1.807) is 0 Å². The molecule has 4 rings (SSSR count). The van der Waals surface area contributed by atoms with Gasteiger partial charge in [0.1, 0.15) is 17.1 Å². The van der Waals surface area contributed by atoms with Crippen LogP contribution < -0.4 is 11.1 Å². The number of nitrogens with zero attached hydrogens (tertiary/aromatic N) is 3. The predicted octanol–water partition coefficient (Wildman–Crippen LogP) is 1.76. The van der Waals surface area contributed by atoms with Crippen LogP contribution in [0.3, 0.4) is 0 Å². The molecule has 0 unspecified atom stereocenters. The van der Waals surface area contributed by atoms with E-state index >= 15 is 4.39 Å². The molecular weight excluding hydrogens is 632 g/mol. The highest BCUT2D eigenvalue weighted by Crippen LogP contribution is 2.53. The van der Waals surface area contributed by atoms with Crippen LogP contribution in [0.25, 0.3) is 5.76 Å². The molecule has 0 radical (unpaired) electrons. The number of aromatic nitrogens is 1. The van der Waals surface area contributed by atoms with Gasteiger partial charge in [-0.1, -0.05) is 13.8 Å². The lowest BCUT2D eigenvalue weighted by Crippen LogP contribution is -2.65. The predicted molar refractivity (Wildman–Crippen MR) is 165 cm³/mol. The third kappa shape index (κ3) is 6.16. The first-order valence-electron chi connectivity index (χ1n) is 12.9. The summed E-state index contributed by atoms with van der Waals surface area (Å²) in [6.45, 7) is 4.88. The molecule has 1 heterocycles. The summed E-state index contributed by atoms with van der Waals surface area (Å²) in [5, 5.41) is 47.8. The number of carbonyl (C=O) groups excluding carboxylic acids is 3. The lowest BCUT2D eigenvalue weighted by Gasteiger charge is -2.50. The molecule has 242 valence electrons. The number of aromatic hydroxyl groups is 1. The lowest BCUT2D eigenvalue weighted by atomic mass is 9.57. The summed E-state index contributed by atoms with van der Waals surface area (Å²) in [6.07, 6.45) is -0.308. The zero-order valence-electron chi connectivity index (χ0n) is 24.6. The van der Waals surface area contributed by atoms with Gasteiger partial charge in [0.05, 0.1) is 11.6 Å². The second kappa shape index (κ2) is 13.1. The van der Waals surface area contributed by atoms with Crippen LogP contribution in [0.15, 0.2) is 16.9 Å². The van der Waals surface area contributed by atoms with E-state index in [1.165, 1.54) is 19.0 Å². The van der Waals surface area contributed by atoms with Crippen molar-refractivity contribution in [2.75, 3.05) is 46.6 Å². The van der Waals surface area contributed by atoms with Gasteiger partial charge < -0.3 is 36.4 Å². The lowest BCUT2D eigenvalue weighted by molar-refractivity contribution is -0.153. The fourth-order valence-electron chi connectivity index (χ4n) is 6.51. The number of anilines is 1. The van der Waals surface area contributed by atoms with E-state index in [0.717, 1.165) is 0 Å². The van der Waals surface area contributed by atoms with Gasteiger partial charge in [-0.3, -0.25) is 19.3 Å². The number of fused-ring (bicyclic) bond motifs is 3. The van der Waals surface area contributed by atoms with Crippen molar-refractivity contribution in [2.24, 2.45) is 23.0 Å². The average Bonchev–Trinajstić information content (AvgIpc) is 2.81. The Hall–Kier alpha value is -2.68. The molecule has 1 aromatic rings. The number of aliphatic hydroxyl groups excluding tert-OH is 2. The zero-order valence-corrected chi connectivity index (χ0v) is 27.0. The number of primary amides is 1. The highest BCUT2D eigenvalue weighted by molar-refractivity contribution is 6.24. The Morgan fingerprint density at radius 2 is 1.72 bits per heavy atom.